The van der Waals surface area contributed by atoms with E-state index in [1.54, 1.807) is 12.3 Å². The molecule has 0 saturated heterocycles. The zero-order valence-electron chi connectivity index (χ0n) is 5.86. The van der Waals surface area contributed by atoms with Crippen molar-refractivity contribution in [1.29, 1.82) is 0 Å². The lowest BCUT2D eigenvalue weighted by Gasteiger charge is -1.88. The molecule has 0 bridgehead atoms. The first-order chi connectivity index (χ1) is 5.25. The Hall–Kier alpha value is -1.71. The van der Waals surface area contributed by atoms with E-state index in [2.05, 4.69) is 5.10 Å². The third-order valence-electron chi connectivity index (χ3n) is 1.55. The Morgan fingerprint density at radius 1 is 1.36 bits per heavy atom. The molecule has 4 nitrogen and oxygen atoms in total. The summed E-state index contributed by atoms with van der Waals surface area (Å²) in [5.41, 5.74) is 7.07. The van der Waals surface area contributed by atoms with Gasteiger partial charge in [-0.2, -0.15) is 9.89 Å². The van der Waals surface area contributed by atoms with E-state index in [0.717, 1.165) is 10.9 Å². The number of fused-ring (bicyclic) bond motifs is 1. The molecule has 11 heavy (non-hydrogen) atoms. The quantitative estimate of drug-likeness (QED) is 0.418. The number of nitrogen functional groups attached to an aromatic ring is 2. The number of nitrogens with zero attached hydrogens (tertiary/aromatic N) is 2. The second-order valence-electron chi connectivity index (χ2n) is 2.43. The average molecular weight is 148 g/mol. The first-order valence-electron chi connectivity index (χ1n) is 3.26. The molecule has 0 radical (unpaired) electrons. The van der Waals surface area contributed by atoms with Gasteiger partial charge in [-0.3, -0.25) is 0 Å². The number of hydrogen-bond donors (Lipinski definition) is 2. The Labute approximate surface area is 63.4 Å². The maximum atomic E-state index is 5.54. The lowest BCUT2D eigenvalue weighted by atomic mass is 10.2. The van der Waals surface area contributed by atoms with Crippen LogP contribution in [0.25, 0.3) is 10.9 Å². The number of rotatable bonds is 0. The van der Waals surface area contributed by atoms with Gasteiger partial charge in [0.05, 0.1) is 11.7 Å². The number of hydrogen-bond acceptors (Lipinski definition) is 3. The zero-order valence-corrected chi connectivity index (χ0v) is 5.86. The number of nitrogens with two attached hydrogens (primary N) is 2. The molecule has 0 unspecified atom stereocenters. The van der Waals surface area contributed by atoms with Gasteiger partial charge in [-0.05, 0) is 18.2 Å². The van der Waals surface area contributed by atoms with E-state index in [1.165, 1.54) is 4.79 Å². The Kier molecular flexibility index (Phi) is 1.03. The van der Waals surface area contributed by atoms with Crippen molar-refractivity contribution >= 4 is 16.6 Å². The van der Waals surface area contributed by atoms with E-state index < -0.39 is 0 Å². The fourth-order valence-electron chi connectivity index (χ4n) is 1.05. The van der Waals surface area contributed by atoms with Gasteiger partial charge in [-0.1, -0.05) is 0 Å². The highest BCUT2D eigenvalue weighted by Crippen LogP contribution is 2.13. The average Bonchev–Trinajstić information content (AvgIpc) is 2.27. The van der Waals surface area contributed by atoms with Crippen LogP contribution in [0, 0.1) is 0 Å². The molecular weight excluding hydrogens is 140 g/mol. The van der Waals surface area contributed by atoms with Gasteiger partial charge in [0.25, 0.3) is 0 Å². The maximum Gasteiger partial charge on any atom is 0.0964 e. The van der Waals surface area contributed by atoms with Crippen molar-refractivity contribution in [3.05, 3.63) is 24.4 Å². The summed E-state index contributed by atoms with van der Waals surface area (Å²) in [5, 5.41) is 4.99. The molecule has 1 aromatic carbocycles. The van der Waals surface area contributed by atoms with E-state index in [0.29, 0.717) is 5.69 Å². The van der Waals surface area contributed by atoms with Gasteiger partial charge >= 0.3 is 0 Å². The molecule has 0 aliphatic heterocycles. The largest absolute Gasteiger partial charge is 0.399 e. The predicted molar refractivity (Wildman–Crippen MR) is 44.3 cm³/mol. The second-order valence-corrected chi connectivity index (χ2v) is 2.43. The molecule has 0 aliphatic carbocycles. The normalized spacial score (nSPS) is 10.5. The van der Waals surface area contributed by atoms with Gasteiger partial charge in [0.2, 0.25) is 0 Å². The summed E-state index contributed by atoms with van der Waals surface area (Å²) in [6, 6.07) is 5.50. The lowest BCUT2D eigenvalue weighted by Crippen LogP contribution is -2.07. The molecular formula is C7H8N4. The summed E-state index contributed by atoms with van der Waals surface area (Å²) in [6.07, 6.45) is 1.74. The highest BCUT2D eigenvalue weighted by molar-refractivity contribution is 5.81. The molecule has 0 spiro atoms. The maximum absolute atomic E-state index is 5.54. The molecule has 4 heteroatoms. The molecule has 2 aromatic rings. The smallest absolute Gasteiger partial charge is 0.0964 e. The van der Waals surface area contributed by atoms with Crippen LogP contribution in [0.4, 0.5) is 5.69 Å². The Bertz CT molecular complexity index is 390. The predicted octanol–water partition coefficient (Wildman–Crippen LogP) is 0.332. The van der Waals surface area contributed by atoms with Crippen LogP contribution in [0.1, 0.15) is 0 Å². The third kappa shape index (κ3) is 0.881. The van der Waals surface area contributed by atoms with Crippen molar-refractivity contribution in [2.75, 3.05) is 11.6 Å². The number of benzene rings is 1. The Balaban J connectivity index is 2.82. The summed E-state index contributed by atoms with van der Waals surface area (Å²) in [4.78, 5) is 1.28. The standard InChI is InChI=1S/C7H8N4/c8-6-2-1-5-4-11(9)10-7(5)3-6/h1-4H,8-9H2. The summed E-state index contributed by atoms with van der Waals surface area (Å²) in [5.74, 6) is 5.41. The van der Waals surface area contributed by atoms with E-state index >= 15 is 0 Å². The van der Waals surface area contributed by atoms with E-state index in [9.17, 15) is 0 Å². The van der Waals surface area contributed by atoms with Crippen molar-refractivity contribution in [3.63, 3.8) is 0 Å². The minimum atomic E-state index is 0.705. The van der Waals surface area contributed by atoms with Crippen LogP contribution in [-0.2, 0) is 0 Å². The minimum absolute atomic E-state index is 0.705. The fraction of sp³-hybridized carbons (Fsp3) is 0. The van der Waals surface area contributed by atoms with Crippen LogP contribution in [0.5, 0.6) is 0 Å². The Morgan fingerprint density at radius 2 is 2.18 bits per heavy atom. The van der Waals surface area contributed by atoms with Crippen molar-refractivity contribution in [3.8, 4) is 0 Å². The topological polar surface area (TPSA) is 69.9 Å². The third-order valence-corrected chi connectivity index (χ3v) is 1.55. The molecule has 2 rings (SSSR count). The van der Waals surface area contributed by atoms with Crippen LogP contribution in [0.3, 0.4) is 0 Å². The van der Waals surface area contributed by atoms with Gasteiger partial charge in [0, 0.05) is 11.1 Å². The van der Waals surface area contributed by atoms with Crippen LogP contribution in [-0.4, -0.2) is 9.89 Å². The van der Waals surface area contributed by atoms with Gasteiger partial charge in [0.15, 0.2) is 0 Å². The van der Waals surface area contributed by atoms with Gasteiger partial charge < -0.3 is 11.6 Å². The van der Waals surface area contributed by atoms with Gasteiger partial charge in [-0.15, -0.1) is 0 Å². The van der Waals surface area contributed by atoms with Gasteiger partial charge in [-0.25, -0.2) is 0 Å². The molecule has 0 atom stereocenters. The highest BCUT2D eigenvalue weighted by atomic mass is 15.5. The molecule has 4 N–H and O–H groups in total. The van der Waals surface area contributed by atoms with Gasteiger partial charge in [0.1, 0.15) is 0 Å². The van der Waals surface area contributed by atoms with Crippen molar-refractivity contribution in [2.45, 2.75) is 0 Å². The fourth-order valence-corrected chi connectivity index (χ4v) is 1.05. The molecule has 1 aromatic heterocycles. The lowest BCUT2D eigenvalue weighted by molar-refractivity contribution is 0.846. The first kappa shape index (κ1) is 6.03. The Morgan fingerprint density at radius 3 is 3.00 bits per heavy atom. The summed E-state index contributed by atoms with van der Waals surface area (Å²) >= 11 is 0. The van der Waals surface area contributed by atoms with Crippen LogP contribution < -0.4 is 11.6 Å². The van der Waals surface area contributed by atoms with E-state index in [-0.39, 0.29) is 0 Å². The second kappa shape index (κ2) is 1.88. The van der Waals surface area contributed by atoms with Crippen LogP contribution in [0.2, 0.25) is 0 Å². The summed E-state index contributed by atoms with van der Waals surface area (Å²) < 4.78 is 0. The monoisotopic (exact) mass is 148 g/mol. The molecule has 0 amide bonds. The number of aromatic nitrogens is 2. The SMILES string of the molecule is Nc1ccc2cn(N)nc2c1. The van der Waals surface area contributed by atoms with E-state index in [4.69, 9.17) is 11.6 Å². The first-order valence-corrected chi connectivity index (χ1v) is 3.26. The molecule has 1 heterocycles. The van der Waals surface area contributed by atoms with Crippen LogP contribution >= 0.6 is 0 Å². The molecule has 0 saturated carbocycles. The molecule has 56 valence electrons. The van der Waals surface area contributed by atoms with Crippen molar-refractivity contribution in [2.24, 2.45) is 0 Å². The zero-order chi connectivity index (χ0) is 7.84. The van der Waals surface area contributed by atoms with E-state index in [1.807, 2.05) is 12.1 Å². The highest BCUT2D eigenvalue weighted by Gasteiger charge is 1.96. The minimum Gasteiger partial charge on any atom is -0.399 e. The summed E-state index contributed by atoms with van der Waals surface area (Å²) in [7, 11) is 0. The van der Waals surface area contributed by atoms with Crippen molar-refractivity contribution < 1.29 is 0 Å². The van der Waals surface area contributed by atoms with Crippen LogP contribution in [0.15, 0.2) is 24.4 Å². The molecule has 0 aliphatic rings. The number of anilines is 1. The molecule has 0 fully saturated rings. The summed E-state index contributed by atoms with van der Waals surface area (Å²) in [6.45, 7) is 0. The van der Waals surface area contributed by atoms with Crippen molar-refractivity contribution in [1.82, 2.24) is 9.89 Å².